The number of sulfonamides is 1. The minimum Gasteiger partial charge on any atom is -0.490 e. The summed E-state index contributed by atoms with van der Waals surface area (Å²) in [5.74, 6) is -1.18. The Morgan fingerprint density at radius 3 is 2.24 bits per heavy atom. The molecule has 0 aliphatic carbocycles. The normalized spacial score (nSPS) is 17.4. The molecule has 1 unspecified atom stereocenters. The number of hydroxylamine groups is 1. The summed E-state index contributed by atoms with van der Waals surface area (Å²) in [7, 11) is -4.92. The maximum atomic E-state index is 13.0. The summed E-state index contributed by atoms with van der Waals surface area (Å²) in [6.45, 7) is -0.426. The van der Waals surface area contributed by atoms with Gasteiger partial charge in [-0.3, -0.25) is 20.8 Å². The molecule has 4 N–H and O–H groups in total. The molecule has 1 atom stereocenters. The summed E-state index contributed by atoms with van der Waals surface area (Å²) in [5, 5.41) is 20.4. The first-order chi connectivity index (χ1) is 13.5. The van der Waals surface area contributed by atoms with Crippen molar-refractivity contribution in [1.29, 1.82) is 10.8 Å². The molecule has 0 aromatic heterocycles. The number of piperidine rings is 1. The van der Waals surface area contributed by atoms with E-state index in [1.54, 1.807) is 30.3 Å². The topological polar surface area (TPSA) is 144 Å². The second kappa shape index (κ2) is 8.88. The number of nitrogens with one attached hydrogen (secondary N) is 3. The first-order valence-corrected chi connectivity index (χ1v) is 9.88. The maximum absolute atomic E-state index is 13.0. The Hall–Kier alpha value is -2.51. The van der Waals surface area contributed by atoms with Crippen molar-refractivity contribution in [2.24, 2.45) is 0 Å². The number of hydrogen-bond donors (Lipinski definition) is 4. The summed E-state index contributed by atoms with van der Waals surface area (Å²) in [5.41, 5.74) is -2.95. The summed E-state index contributed by atoms with van der Waals surface area (Å²) in [4.78, 5) is 11.4. The molecule has 1 saturated heterocycles. The van der Waals surface area contributed by atoms with E-state index in [0.29, 0.717) is 10.1 Å². The van der Waals surface area contributed by atoms with Crippen molar-refractivity contribution in [3.8, 4) is 5.75 Å². The molecule has 1 fully saturated rings. The molecule has 1 aliphatic rings. The summed E-state index contributed by atoms with van der Waals surface area (Å²) in [6.07, 6.45) is -5.42. The van der Waals surface area contributed by atoms with E-state index in [1.807, 2.05) is 0 Å². The monoisotopic (exact) mass is 436 g/mol. The molecule has 1 heterocycles. The number of benzene rings is 1. The molecule has 1 amide bonds. The zero-order chi connectivity index (χ0) is 21.8. The van der Waals surface area contributed by atoms with Gasteiger partial charge < -0.3 is 4.74 Å². The van der Waals surface area contributed by atoms with Crippen molar-refractivity contribution in [3.05, 3.63) is 30.3 Å². The van der Waals surface area contributed by atoms with Crippen molar-refractivity contribution < 1.29 is 36.3 Å². The number of carbonyl (C=O) groups is 1. The number of carbonyl (C=O) groups excluding carboxylic acids is 1. The van der Waals surface area contributed by atoms with Crippen LogP contribution in [-0.2, 0) is 14.8 Å². The summed E-state index contributed by atoms with van der Waals surface area (Å²) >= 11 is 0. The third kappa shape index (κ3) is 5.31. The molecule has 9 nitrogen and oxygen atoms in total. The Morgan fingerprint density at radius 1 is 1.21 bits per heavy atom. The van der Waals surface area contributed by atoms with Crippen molar-refractivity contribution in [1.82, 2.24) is 9.79 Å². The van der Waals surface area contributed by atoms with Crippen LogP contribution in [0, 0.1) is 10.8 Å². The predicted octanol–water partition coefficient (Wildman–Crippen LogP) is 1.34. The number of rotatable bonds is 7. The van der Waals surface area contributed by atoms with Crippen LogP contribution in [0.5, 0.6) is 5.75 Å². The molecular formula is C16H19F3N4O5S. The van der Waals surface area contributed by atoms with Gasteiger partial charge in [-0.15, -0.1) is 0 Å². The Labute approximate surface area is 164 Å². The highest BCUT2D eigenvalue weighted by Gasteiger charge is 2.51. The SMILES string of the molecule is N=C(C(=O)NO)C(C(=N)C(F)(F)F)S(=O)(=O)N1CCC(Oc2ccccc2)CC1. The van der Waals surface area contributed by atoms with Gasteiger partial charge in [0.15, 0.2) is 5.25 Å². The second-order valence-corrected chi connectivity index (χ2v) is 8.24. The number of para-hydroxylation sites is 1. The molecule has 1 aromatic carbocycles. The molecule has 160 valence electrons. The van der Waals surface area contributed by atoms with Gasteiger partial charge in [-0.1, -0.05) is 18.2 Å². The van der Waals surface area contributed by atoms with Crippen LogP contribution >= 0.6 is 0 Å². The van der Waals surface area contributed by atoms with Crippen LogP contribution in [0.25, 0.3) is 0 Å². The third-order valence-electron chi connectivity index (χ3n) is 4.28. The number of halogens is 3. The van der Waals surface area contributed by atoms with Gasteiger partial charge in [-0.25, -0.2) is 18.2 Å². The molecule has 1 aromatic rings. The second-order valence-electron chi connectivity index (χ2n) is 6.22. The van der Waals surface area contributed by atoms with E-state index < -0.39 is 38.8 Å². The Morgan fingerprint density at radius 2 is 1.76 bits per heavy atom. The maximum Gasteiger partial charge on any atom is 0.430 e. The Balaban J connectivity index is 2.18. The van der Waals surface area contributed by atoms with Gasteiger partial charge in [-0.2, -0.15) is 13.2 Å². The van der Waals surface area contributed by atoms with E-state index in [2.05, 4.69) is 0 Å². The highest BCUT2D eigenvalue weighted by Crippen LogP contribution is 2.27. The van der Waals surface area contributed by atoms with Gasteiger partial charge in [0.2, 0.25) is 10.0 Å². The first-order valence-electron chi connectivity index (χ1n) is 8.37. The quantitative estimate of drug-likeness (QED) is 0.290. The van der Waals surface area contributed by atoms with Crippen LogP contribution in [0.1, 0.15) is 12.8 Å². The van der Waals surface area contributed by atoms with Gasteiger partial charge in [-0.05, 0) is 25.0 Å². The van der Waals surface area contributed by atoms with Gasteiger partial charge in [0, 0.05) is 13.1 Å². The minimum atomic E-state index is -5.38. The fraction of sp³-hybridized carbons (Fsp3) is 0.438. The van der Waals surface area contributed by atoms with Crippen LogP contribution < -0.4 is 10.2 Å². The largest absolute Gasteiger partial charge is 0.490 e. The lowest BCUT2D eigenvalue weighted by atomic mass is 10.1. The number of amides is 1. The number of alkyl halides is 3. The lowest BCUT2D eigenvalue weighted by Gasteiger charge is -2.34. The van der Waals surface area contributed by atoms with Crippen molar-refractivity contribution in [2.75, 3.05) is 13.1 Å². The zero-order valence-electron chi connectivity index (χ0n) is 14.9. The van der Waals surface area contributed by atoms with E-state index in [1.165, 1.54) is 0 Å². The Kier molecular flexibility index (Phi) is 6.97. The number of hydrogen-bond acceptors (Lipinski definition) is 7. The highest BCUT2D eigenvalue weighted by atomic mass is 32.2. The highest BCUT2D eigenvalue weighted by molar-refractivity contribution is 7.91. The molecular weight excluding hydrogens is 417 g/mol. The Bertz CT molecular complexity index is 868. The van der Waals surface area contributed by atoms with Crippen LogP contribution in [0.4, 0.5) is 13.2 Å². The van der Waals surface area contributed by atoms with Crippen LogP contribution in [0.15, 0.2) is 30.3 Å². The van der Waals surface area contributed by atoms with Crippen LogP contribution in [-0.4, -0.2) is 65.9 Å². The predicted molar refractivity (Wildman–Crippen MR) is 95.8 cm³/mol. The molecule has 2 rings (SSSR count). The summed E-state index contributed by atoms with van der Waals surface area (Å²) in [6, 6.07) is 8.70. The number of nitrogens with zero attached hydrogens (tertiary/aromatic N) is 1. The van der Waals surface area contributed by atoms with E-state index in [9.17, 15) is 26.4 Å². The zero-order valence-corrected chi connectivity index (χ0v) is 15.8. The van der Waals surface area contributed by atoms with E-state index in [4.69, 9.17) is 20.8 Å². The lowest BCUT2D eigenvalue weighted by molar-refractivity contribution is -0.122. The first kappa shape index (κ1) is 22.8. The van der Waals surface area contributed by atoms with Crippen LogP contribution in [0.2, 0.25) is 0 Å². The average Bonchev–Trinajstić information content (AvgIpc) is 2.67. The fourth-order valence-corrected chi connectivity index (χ4v) is 4.67. The molecule has 13 heteroatoms. The van der Waals surface area contributed by atoms with Gasteiger partial charge in [0.1, 0.15) is 23.3 Å². The molecule has 0 spiro atoms. The molecule has 0 bridgehead atoms. The summed E-state index contributed by atoms with van der Waals surface area (Å²) < 4.78 is 70.9. The minimum absolute atomic E-state index is 0.166. The van der Waals surface area contributed by atoms with Crippen molar-refractivity contribution in [3.63, 3.8) is 0 Å². The van der Waals surface area contributed by atoms with E-state index >= 15 is 0 Å². The molecule has 29 heavy (non-hydrogen) atoms. The molecule has 0 radical (unpaired) electrons. The average molecular weight is 436 g/mol. The standard InChI is InChI=1S/C16H19F3N4O5S/c17-16(18,19)14(21)13(12(20)15(24)22-25)29(26,27)23-8-6-11(7-9-23)28-10-4-2-1-3-5-10/h1-5,11,13,20-21,25H,6-9H2,(H,22,24). The molecule has 0 saturated carbocycles. The van der Waals surface area contributed by atoms with Gasteiger partial charge in [0.05, 0.1) is 0 Å². The van der Waals surface area contributed by atoms with Crippen molar-refractivity contribution >= 4 is 27.4 Å². The molecule has 1 aliphatic heterocycles. The van der Waals surface area contributed by atoms with E-state index in [-0.39, 0.29) is 32.0 Å². The van der Waals surface area contributed by atoms with Gasteiger partial charge >= 0.3 is 6.18 Å². The lowest BCUT2D eigenvalue weighted by Crippen LogP contribution is -2.55. The fourth-order valence-electron chi connectivity index (χ4n) is 2.82. The van der Waals surface area contributed by atoms with Gasteiger partial charge in [0.25, 0.3) is 5.91 Å². The third-order valence-corrected chi connectivity index (χ3v) is 6.43. The number of ether oxygens (including phenoxy) is 1. The van der Waals surface area contributed by atoms with Crippen molar-refractivity contribution in [2.45, 2.75) is 30.4 Å². The smallest absolute Gasteiger partial charge is 0.430 e. The van der Waals surface area contributed by atoms with Crippen LogP contribution in [0.3, 0.4) is 0 Å². The van der Waals surface area contributed by atoms with E-state index in [0.717, 1.165) is 5.48 Å².